The third-order valence-corrected chi connectivity index (χ3v) is 3.13. The fourth-order valence-corrected chi connectivity index (χ4v) is 1.82. The molecule has 5 heteroatoms. The van der Waals surface area contributed by atoms with E-state index in [1.165, 1.54) is 6.26 Å². The van der Waals surface area contributed by atoms with Crippen LogP contribution in [0.3, 0.4) is 0 Å². The highest BCUT2D eigenvalue weighted by Gasteiger charge is 2.07. The van der Waals surface area contributed by atoms with Gasteiger partial charge in [-0.05, 0) is 6.54 Å². The smallest absolute Gasteiger partial charge is 0.148 e. The van der Waals surface area contributed by atoms with Gasteiger partial charge in [-0.3, -0.25) is 0 Å². The monoisotopic (exact) mass is 236 g/mol. The minimum absolute atomic E-state index is 0.252. The molecule has 15 heavy (non-hydrogen) atoms. The first-order valence-corrected chi connectivity index (χ1v) is 7.54. The van der Waals surface area contributed by atoms with E-state index in [1.807, 2.05) is 0 Å². The molecule has 0 aromatic carbocycles. The predicted molar refractivity (Wildman–Crippen MR) is 65.0 cm³/mol. The average Bonchev–Trinajstić information content (AvgIpc) is 2.08. The third-order valence-electron chi connectivity index (χ3n) is 2.21. The molecule has 0 bridgehead atoms. The van der Waals surface area contributed by atoms with Crippen molar-refractivity contribution in [2.45, 2.75) is 26.8 Å². The van der Waals surface area contributed by atoms with Crippen LogP contribution in [0.15, 0.2) is 0 Å². The Morgan fingerprint density at radius 1 is 1.27 bits per heavy atom. The number of sulfone groups is 1. The first-order chi connectivity index (χ1) is 6.85. The molecular formula is C10H24N2O2S. The van der Waals surface area contributed by atoms with Crippen LogP contribution < -0.4 is 5.32 Å². The van der Waals surface area contributed by atoms with E-state index < -0.39 is 9.84 Å². The number of nitrogens with zero attached hydrogens (tertiary/aromatic N) is 1. The first kappa shape index (κ1) is 14.9. The lowest BCUT2D eigenvalue weighted by molar-refractivity contribution is 0.299. The minimum atomic E-state index is -2.83. The van der Waals surface area contributed by atoms with Crippen LogP contribution in [0, 0.1) is 0 Å². The molecule has 4 nitrogen and oxygen atoms in total. The van der Waals surface area contributed by atoms with Gasteiger partial charge in [-0.1, -0.05) is 20.8 Å². The molecule has 0 saturated carbocycles. The zero-order chi connectivity index (χ0) is 11.9. The first-order valence-electron chi connectivity index (χ1n) is 5.48. The molecule has 0 unspecified atom stereocenters. The summed E-state index contributed by atoms with van der Waals surface area (Å²) in [7, 11) is -2.83. The summed E-state index contributed by atoms with van der Waals surface area (Å²) >= 11 is 0. The summed E-state index contributed by atoms with van der Waals surface area (Å²) in [6, 6.07) is 0.485. The molecular weight excluding hydrogens is 212 g/mol. The van der Waals surface area contributed by atoms with Crippen LogP contribution in [0.4, 0.5) is 0 Å². The van der Waals surface area contributed by atoms with Crippen LogP contribution in [-0.2, 0) is 9.84 Å². The molecule has 0 aliphatic rings. The molecule has 1 N–H and O–H groups in total. The van der Waals surface area contributed by atoms with Crippen molar-refractivity contribution in [3.8, 4) is 0 Å². The predicted octanol–water partition coefficient (Wildman–Crippen LogP) is 0.351. The maximum absolute atomic E-state index is 11.0. The van der Waals surface area contributed by atoms with Crippen LogP contribution >= 0.6 is 0 Å². The summed E-state index contributed by atoms with van der Waals surface area (Å²) in [5.41, 5.74) is 0. The van der Waals surface area contributed by atoms with Crippen LogP contribution in [0.25, 0.3) is 0 Å². The standard InChI is InChI=1S/C10H24N2O2S/c1-5-12(7-6-11-10(2)3)8-9-15(4,13)14/h10-11H,5-9H2,1-4H3. The average molecular weight is 236 g/mol. The number of hydrogen-bond donors (Lipinski definition) is 1. The molecule has 92 valence electrons. The van der Waals surface area contributed by atoms with E-state index in [-0.39, 0.29) is 5.75 Å². The molecule has 0 fully saturated rings. The van der Waals surface area contributed by atoms with E-state index in [0.29, 0.717) is 12.6 Å². The van der Waals surface area contributed by atoms with Crippen LogP contribution in [0.1, 0.15) is 20.8 Å². The summed E-state index contributed by atoms with van der Waals surface area (Å²) in [4.78, 5) is 2.15. The van der Waals surface area contributed by atoms with E-state index >= 15 is 0 Å². The summed E-state index contributed by atoms with van der Waals surface area (Å²) in [6.07, 6.45) is 1.28. The van der Waals surface area contributed by atoms with Crippen molar-refractivity contribution in [2.24, 2.45) is 0 Å². The van der Waals surface area contributed by atoms with E-state index in [9.17, 15) is 8.42 Å². The summed E-state index contributed by atoms with van der Waals surface area (Å²) in [5, 5.41) is 3.32. The Hall–Kier alpha value is -0.130. The van der Waals surface area contributed by atoms with Crippen molar-refractivity contribution < 1.29 is 8.42 Å². The number of likely N-dealkylation sites (N-methyl/N-ethyl adjacent to an activating group) is 1. The molecule has 0 saturated heterocycles. The van der Waals surface area contributed by atoms with Gasteiger partial charge in [0.1, 0.15) is 9.84 Å². The number of rotatable bonds is 8. The Bertz CT molecular complexity index is 250. The van der Waals surface area contributed by atoms with Gasteiger partial charge in [0, 0.05) is 31.9 Å². The van der Waals surface area contributed by atoms with E-state index in [4.69, 9.17) is 0 Å². The number of hydrogen-bond acceptors (Lipinski definition) is 4. The SMILES string of the molecule is CCN(CCNC(C)C)CCS(C)(=O)=O. The third kappa shape index (κ3) is 10.2. The lowest BCUT2D eigenvalue weighted by atomic mass is 10.4. The summed E-state index contributed by atoms with van der Waals surface area (Å²) in [6.45, 7) is 9.61. The topological polar surface area (TPSA) is 49.4 Å². The van der Waals surface area contributed by atoms with Gasteiger partial charge < -0.3 is 10.2 Å². The van der Waals surface area contributed by atoms with Gasteiger partial charge >= 0.3 is 0 Å². The second kappa shape index (κ2) is 7.19. The molecule has 0 spiro atoms. The molecule has 0 heterocycles. The molecule has 0 aromatic heterocycles. The Morgan fingerprint density at radius 2 is 1.87 bits per heavy atom. The Kier molecular flexibility index (Phi) is 7.13. The largest absolute Gasteiger partial charge is 0.313 e. The van der Waals surface area contributed by atoms with Gasteiger partial charge in [0.2, 0.25) is 0 Å². The summed E-state index contributed by atoms with van der Waals surface area (Å²) in [5.74, 6) is 0.252. The van der Waals surface area contributed by atoms with Gasteiger partial charge in [0.15, 0.2) is 0 Å². The van der Waals surface area contributed by atoms with E-state index in [0.717, 1.165) is 19.6 Å². The summed E-state index contributed by atoms with van der Waals surface area (Å²) < 4.78 is 22.0. The zero-order valence-corrected chi connectivity index (χ0v) is 11.1. The van der Waals surface area contributed by atoms with Crippen molar-refractivity contribution in [1.82, 2.24) is 10.2 Å². The zero-order valence-electron chi connectivity index (χ0n) is 10.3. The molecule has 0 aromatic rings. The van der Waals surface area contributed by atoms with Gasteiger partial charge in [-0.2, -0.15) is 0 Å². The van der Waals surface area contributed by atoms with E-state index in [2.05, 4.69) is 31.0 Å². The van der Waals surface area contributed by atoms with Gasteiger partial charge in [-0.15, -0.1) is 0 Å². The van der Waals surface area contributed by atoms with Crippen molar-refractivity contribution in [3.63, 3.8) is 0 Å². The fraction of sp³-hybridized carbons (Fsp3) is 1.00. The molecule has 0 amide bonds. The second-order valence-electron chi connectivity index (χ2n) is 4.17. The van der Waals surface area contributed by atoms with Crippen molar-refractivity contribution in [3.05, 3.63) is 0 Å². The Morgan fingerprint density at radius 3 is 2.27 bits per heavy atom. The van der Waals surface area contributed by atoms with Crippen molar-refractivity contribution >= 4 is 9.84 Å². The molecule has 0 aliphatic carbocycles. The van der Waals surface area contributed by atoms with Gasteiger partial charge in [0.25, 0.3) is 0 Å². The molecule has 0 radical (unpaired) electrons. The molecule has 0 atom stereocenters. The van der Waals surface area contributed by atoms with Crippen LogP contribution in [0.2, 0.25) is 0 Å². The van der Waals surface area contributed by atoms with Crippen LogP contribution in [0.5, 0.6) is 0 Å². The maximum Gasteiger partial charge on any atom is 0.148 e. The van der Waals surface area contributed by atoms with Crippen molar-refractivity contribution in [2.75, 3.05) is 38.2 Å². The highest BCUT2D eigenvalue weighted by molar-refractivity contribution is 7.90. The fourth-order valence-electron chi connectivity index (χ4n) is 1.23. The van der Waals surface area contributed by atoms with Gasteiger partial charge in [-0.25, -0.2) is 8.42 Å². The quantitative estimate of drug-likeness (QED) is 0.661. The lowest BCUT2D eigenvalue weighted by Gasteiger charge is -2.20. The number of nitrogens with one attached hydrogen (secondary N) is 1. The lowest BCUT2D eigenvalue weighted by Crippen LogP contribution is -2.37. The van der Waals surface area contributed by atoms with Crippen LogP contribution in [-0.4, -0.2) is 57.5 Å². The highest BCUT2D eigenvalue weighted by atomic mass is 32.2. The second-order valence-corrected chi connectivity index (χ2v) is 6.43. The normalized spacial score (nSPS) is 12.7. The minimum Gasteiger partial charge on any atom is -0.313 e. The Balaban J connectivity index is 3.74. The highest BCUT2D eigenvalue weighted by Crippen LogP contribution is 1.91. The van der Waals surface area contributed by atoms with Crippen molar-refractivity contribution in [1.29, 1.82) is 0 Å². The van der Waals surface area contributed by atoms with Gasteiger partial charge in [0.05, 0.1) is 5.75 Å². The van der Waals surface area contributed by atoms with E-state index in [1.54, 1.807) is 0 Å². The maximum atomic E-state index is 11.0. The Labute approximate surface area is 94.0 Å². The molecule has 0 rings (SSSR count). The molecule has 0 aliphatic heterocycles.